The molecule has 0 N–H and O–H groups in total. The fourth-order valence-corrected chi connectivity index (χ4v) is 10.5. The molecule has 0 spiro atoms. The first-order valence-corrected chi connectivity index (χ1v) is 24.1. The summed E-state index contributed by atoms with van der Waals surface area (Å²) in [6.45, 7) is 0. The molecule has 2 nitrogen and oxygen atoms in total. The van der Waals surface area contributed by atoms with Crippen molar-refractivity contribution >= 4 is 60.4 Å². The number of nitrogens with zero attached hydrogens (tertiary/aromatic N) is 2. The first-order valence-electron chi connectivity index (χ1n) is 24.1. The smallest absolute Gasteiger partial charge is 0.0541 e. The normalized spacial score (nSPS) is 11.4. The molecule has 0 saturated carbocycles. The zero-order valence-electron chi connectivity index (χ0n) is 38.5. The number of aromatic nitrogens is 1. The van der Waals surface area contributed by atoms with Crippen molar-refractivity contribution in [1.82, 2.24) is 4.57 Å². The van der Waals surface area contributed by atoms with E-state index in [-0.39, 0.29) is 0 Å². The summed E-state index contributed by atoms with van der Waals surface area (Å²) in [6, 6.07) is 102. The number of hydrogen-bond acceptors (Lipinski definition) is 1. The lowest BCUT2D eigenvalue weighted by molar-refractivity contribution is 1.18. The molecule has 70 heavy (non-hydrogen) atoms. The van der Waals surface area contributed by atoms with Crippen LogP contribution in [0.25, 0.3) is 105 Å². The molecule has 0 radical (unpaired) electrons. The lowest BCUT2D eigenvalue weighted by Crippen LogP contribution is -2.09. The van der Waals surface area contributed by atoms with Gasteiger partial charge in [0.05, 0.1) is 11.0 Å². The number of rotatable bonds is 9. The molecule has 1 aromatic heterocycles. The van der Waals surface area contributed by atoms with E-state index in [1.807, 2.05) is 0 Å². The van der Waals surface area contributed by atoms with Gasteiger partial charge in [-0.2, -0.15) is 0 Å². The van der Waals surface area contributed by atoms with Gasteiger partial charge in [-0.1, -0.05) is 212 Å². The summed E-state index contributed by atoms with van der Waals surface area (Å²) in [6.07, 6.45) is 0. The summed E-state index contributed by atoms with van der Waals surface area (Å²) in [4.78, 5) is 2.38. The summed E-state index contributed by atoms with van der Waals surface area (Å²) in [5, 5.41) is 7.40. The third-order valence-electron chi connectivity index (χ3n) is 14.0. The van der Waals surface area contributed by atoms with Gasteiger partial charge in [0.15, 0.2) is 0 Å². The van der Waals surface area contributed by atoms with E-state index < -0.39 is 0 Å². The summed E-state index contributed by atoms with van der Waals surface area (Å²) in [5.74, 6) is 0. The highest BCUT2D eigenvalue weighted by Crippen LogP contribution is 2.42. The van der Waals surface area contributed by atoms with Crippen LogP contribution in [0.1, 0.15) is 0 Å². The van der Waals surface area contributed by atoms with Gasteiger partial charge in [0.2, 0.25) is 0 Å². The standard InChI is InChI=1S/C68H46N2/c1-3-14-47(15-4-1)48-28-30-49(31-29-48)50-34-39-58(40-35-50)69(59-41-36-52(37-42-59)63-25-13-19-53-18-12-24-62(68(53)63)51-16-5-2-6-17-51)61-43-38-56-44-55(32-33-57(56)46-61)54-20-11-21-60(45-54)70-66-26-9-7-22-64(66)65-23-8-10-27-67(65)70/h1-46H. The third kappa shape index (κ3) is 7.40. The van der Waals surface area contributed by atoms with Crippen molar-refractivity contribution in [3.8, 4) is 61.3 Å². The molecule has 0 saturated heterocycles. The highest BCUT2D eigenvalue weighted by molar-refractivity contribution is 6.09. The molecule has 13 rings (SSSR count). The molecule has 1 heterocycles. The average molecular weight is 891 g/mol. The average Bonchev–Trinajstić information content (AvgIpc) is 3.78. The minimum Gasteiger partial charge on any atom is -0.310 e. The maximum atomic E-state index is 2.39. The van der Waals surface area contributed by atoms with Gasteiger partial charge >= 0.3 is 0 Å². The van der Waals surface area contributed by atoms with E-state index in [2.05, 4.69) is 289 Å². The molecule has 0 atom stereocenters. The Labute approximate surface area is 408 Å². The Hall–Kier alpha value is -9.24. The Morgan fingerprint density at radius 1 is 0.243 bits per heavy atom. The van der Waals surface area contributed by atoms with Gasteiger partial charge in [-0.3, -0.25) is 0 Å². The van der Waals surface area contributed by atoms with E-state index in [0.29, 0.717) is 0 Å². The van der Waals surface area contributed by atoms with Crippen molar-refractivity contribution in [2.45, 2.75) is 0 Å². The van der Waals surface area contributed by atoms with Crippen LogP contribution in [-0.2, 0) is 0 Å². The van der Waals surface area contributed by atoms with Crippen LogP contribution in [0.4, 0.5) is 17.1 Å². The van der Waals surface area contributed by atoms with Gasteiger partial charge in [-0.25, -0.2) is 0 Å². The van der Waals surface area contributed by atoms with Gasteiger partial charge in [0.1, 0.15) is 0 Å². The molecule has 13 aromatic rings. The van der Waals surface area contributed by atoms with Crippen LogP contribution in [0, 0.1) is 0 Å². The zero-order valence-corrected chi connectivity index (χ0v) is 38.5. The number of para-hydroxylation sites is 2. The predicted octanol–water partition coefficient (Wildman–Crippen LogP) is 18.9. The van der Waals surface area contributed by atoms with Crippen molar-refractivity contribution in [3.05, 3.63) is 279 Å². The lowest BCUT2D eigenvalue weighted by atomic mass is 9.91. The van der Waals surface area contributed by atoms with Crippen LogP contribution < -0.4 is 4.90 Å². The van der Waals surface area contributed by atoms with Gasteiger partial charge in [0, 0.05) is 33.5 Å². The topological polar surface area (TPSA) is 8.17 Å². The van der Waals surface area contributed by atoms with Gasteiger partial charge < -0.3 is 9.47 Å². The lowest BCUT2D eigenvalue weighted by Gasteiger charge is -2.26. The Kier molecular flexibility index (Phi) is 10.2. The second kappa shape index (κ2) is 17.4. The first-order chi connectivity index (χ1) is 34.7. The molecule has 0 bridgehead atoms. The van der Waals surface area contributed by atoms with E-state index in [1.165, 1.54) is 99.0 Å². The molecular weight excluding hydrogens is 845 g/mol. The molecular formula is C68H46N2. The van der Waals surface area contributed by atoms with E-state index in [9.17, 15) is 0 Å². The van der Waals surface area contributed by atoms with Gasteiger partial charge in [-0.15, -0.1) is 0 Å². The number of benzene rings is 12. The molecule has 0 aliphatic carbocycles. The molecule has 12 aromatic carbocycles. The van der Waals surface area contributed by atoms with E-state index in [0.717, 1.165) is 22.7 Å². The highest BCUT2D eigenvalue weighted by atomic mass is 15.1. The van der Waals surface area contributed by atoms with Crippen LogP contribution in [0.15, 0.2) is 279 Å². The van der Waals surface area contributed by atoms with E-state index >= 15 is 0 Å². The maximum Gasteiger partial charge on any atom is 0.0541 e. The van der Waals surface area contributed by atoms with Crippen LogP contribution in [-0.4, -0.2) is 4.57 Å². The van der Waals surface area contributed by atoms with Gasteiger partial charge in [-0.05, 0) is 144 Å². The quantitative estimate of drug-likeness (QED) is 0.140. The minimum absolute atomic E-state index is 1.09. The Morgan fingerprint density at radius 3 is 1.27 bits per heavy atom. The molecule has 0 unspecified atom stereocenters. The minimum atomic E-state index is 1.09. The van der Waals surface area contributed by atoms with Crippen molar-refractivity contribution in [2.24, 2.45) is 0 Å². The monoisotopic (exact) mass is 890 g/mol. The largest absolute Gasteiger partial charge is 0.310 e. The Balaban J connectivity index is 0.874. The van der Waals surface area contributed by atoms with E-state index in [1.54, 1.807) is 0 Å². The third-order valence-corrected chi connectivity index (χ3v) is 14.0. The summed E-state index contributed by atoms with van der Waals surface area (Å²) in [7, 11) is 0. The molecule has 0 fully saturated rings. The maximum absolute atomic E-state index is 2.39. The van der Waals surface area contributed by atoms with Crippen LogP contribution in [0.3, 0.4) is 0 Å². The molecule has 2 heteroatoms. The van der Waals surface area contributed by atoms with Crippen LogP contribution in [0.5, 0.6) is 0 Å². The van der Waals surface area contributed by atoms with Crippen molar-refractivity contribution in [3.63, 3.8) is 0 Å². The predicted molar refractivity (Wildman–Crippen MR) is 298 cm³/mol. The molecule has 328 valence electrons. The summed E-state index contributed by atoms with van der Waals surface area (Å²) in [5.41, 5.74) is 18.9. The van der Waals surface area contributed by atoms with Crippen LogP contribution >= 0.6 is 0 Å². The van der Waals surface area contributed by atoms with Crippen molar-refractivity contribution < 1.29 is 0 Å². The van der Waals surface area contributed by atoms with E-state index in [4.69, 9.17) is 0 Å². The number of fused-ring (bicyclic) bond motifs is 5. The summed E-state index contributed by atoms with van der Waals surface area (Å²) >= 11 is 0. The molecule has 0 amide bonds. The van der Waals surface area contributed by atoms with Crippen molar-refractivity contribution in [2.75, 3.05) is 4.90 Å². The highest BCUT2D eigenvalue weighted by Gasteiger charge is 2.17. The first kappa shape index (κ1) is 41.0. The number of anilines is 3. The molecule has 0 aliphatic heterocycles. The second-order valence-corrected chi connectivity index (χ2v) is 18.1. The zero-order chi connectivity index (χ0) is 46.4. The fraction of sp³-hybridized carbons (Fsp3) is 0. The fourth-order valence-electron chi connectivity index (χ4n) is 10.5. The Morgan fingerprint density at radius 2 is 0.657 bits per heavy atom. The van der Waals surface area contributed by atoms with Crippen molar-refractivity contribution in [1.29, 1.82) is 0 Å². The number of hydrogen-bond donors (Lipinski definition) is 0. The SMILES string of the molecule is c1ccc(-c2ccc(-c3ccc(N(c4ccc(-c5cccc6cccc(-c7ccccc7)c56)cc4)c4ccc5cc(-c6cccc(-n7c8ccccc8c8ccccc87)c6)ccc5c4)cc3)cc2)cc1. The molecule has 0 aliphatic rings. The Bertz CT molecular complexity index is 3960. The summed E-state index contributed by atoms with van der Waals surface area (Å²) < 4.78 is 2.39. The second-order valence-electron chi connectivity index (χ2n) is 18.1. The van der Waals surface area contributed by atoms with Crippen LogP contribution in [0.2, 0.25) is 0 Å². The van der Waals surface area contributed by atoms with Gasteiger partial charge in [0.25, 0.3) is 0 Å².